The number of aliphatic imine (C=N–C) groups is 1. The Morgan fingerprint density at radius 1 is 1.41 bits per heavy atom. The van der Waals surface area contributed by atoms with Gasteiger partial charge in [-0.3, -0.25) is 5.32 Å². The van der Waals surface area contributed by atoms with Crippen LogP contribution in [-0.4, -0.2) is 51.4 Å². The molecule has 0 saturated carbocycles. The number of rotatable bonds is 7. The molecule has 1 aromatic rings. The van der Waals surface area contributed by atoms with Crippen molar-refractivity contribution in [1.29, 1.82) is 0 Å². The van der Waals surface area contributed by atoms with Gasteiger partial charge in [0.15, 0.2) is 12.1 Å². The molecule has 1 aliphatic heterocycles. The number of halogens is 3. The van der Waals surface area contributed by atoms with Gasteiger partial charge < -0.3 is 24.5 Å². The number of amidine groups is 1. The summed E-state index contributed by atoms with van der Waals surface area (Å²) in [7, 11) is 0. The van der Waals surface area contributed by atoms with E-state index in [9.17, 15) is 4.79 Å². The monoisotopic (exact) mass is 509 g/mol. The van der Waals surface area contributed by atoms with Crippen molar-refractivity contribution in [2.45, 2.75) is 56.7 Å². The molecule has 0 spiro atoms. The van der Waals surface area contributed by atoms with Crippen LogP contribution < -0.4 is 11.1 Å². The minimum atomic E-state index is -1.72. The summed E-state index contributed by atoms with van der Waals surface area (Å²) in [5.74, 6) is 0.511. The predicted octanol–water partition coefficient (Wildman–Crippen LogP) is 4.44. The van der Waals surface area contributed by atoms with Gasteiger partial charge in [-0.15, -0.1) is 0 Å². The number of carbonyl (C=O) groups is 1. The standard InChI is InChI=1S/C20H30Cl3N5O4/c1-19(2,3)14(24)10-15(27-18(29)32-12-20(21,22)23)26-16-11-28(13-25-16)7-9-31-17-6-4-5-8-30-17/h10-11,13,17H,4-9,12,24H2,1-3H3,(H,26,27,29). The predicted molar refractivity (Wildman–Crippen MR) is 125 cm³/mol. The van der Waals surface area contributed by atoms with Crippen molar-refractivity contribution >= 4 is 52.5 Å². The molecule has 0 aliphatic carbocycles. The number of nitrogens with one attached hydrogen (secondary N) is 1. The number of carbonyl (C=O) groups excluding carboxylic acids is 1. The van der Waals surface area contributed by atoms with Gasteiger partial charge in [-0.1, -0.05) is 55.6 Å². The Kier molecular flexibility index (Phi) is 10.1. The van der Waals surface area contributed by atoms with Crippen molar-refractivity contribution in [3.63, 3.8) is 0 Å². The highest BCUT2D eigenvalue weighted by molar-refractivity contribution is 6.67. The smallest absolute Gasteiger partial charge is 0.412 e. The van der Waals surface area contributed by atoms with E-state index in [1.807, 2.05) is 25.3 Å². The Bertz CT molecular complexity index is 809. The van der Waals surface area contributed by atoms with Crippen molar-refractivity contribution in [2.24, 2.45) is 16.1 Å². The van der Waals surface area contributed by atoms with Gasteiger partial charge in [-0.05, 0) is 19.3 Å². The topological polar surface area (TPSA) is 113 Å². The number of allylic oxidation sites excluding steroid dienone is 1. The van der Waals surface area contributed by atoms with Gasteiger partial charge in [0.05, 0.1) is 12.9 Å². The van der Waals surface area contributed by atoms with E-state index >= 15 is 0 Å². The van der Waals surface area contributed by atoms with Crippen molar-refractivity contribution in [1.82, 2.24) is 14.9 Å². The number of ether oxygens (including phenoxy) is 3. The zero-order chi connectivity index (χ0) is 23.8. The fraction of sp³-hybridized carbons (Fsp3) is 0.650. The maximum absolute atomic E-state index is 12.1. The van der Waals surface area contributed by atoms with E-state index in [1.54, 1.807) is 18.6 Å². The number of imidazole rings is 1. The normalized spacial score (nSPS) is 18.5. The summed E-state index contributed by atoms with van der Waals surface area (Å²) in [5, 5.41) is 2.50. The molecule has 1 aliphatic rings. The van der Waals surface area contributed by atoms with Crippen LogP contribution in [0.2, 0.25) is 0 Å². The number of amides is 1. The molecule has 1 fully saturated rings. The van der Waals surface area contributed by atoms with Crippen molar-refractivity contribution < 1.29 is 19.0 Å². The Balaban J connectivity index is 2.04. The molecule has 2 heterocycles. The first-order valence-corrected chi connectivity index (χ1v) is 11.4. The third kappa shape index (κ3) is 10.4. The molecule has 0 aromatic carbocycles. The molecule has 1 saturated heterocycles. The highest BCUT2D eigenvalue weighted by atomic mass is 35.6. The number of alkyl carbamates (subject to hydrolysis) is 1. The molecule has 12 heteroatoms. The molecule has 1 aromatic heterocycles. The highest BCUT2D eigenvalue weighted by Gasteiger charge is 2.23. The van der Waals surface area contributed by atoms with E-state index in [0.717, 1.165) is 25.9 Å². The Hall–Kier alpha value is -1.52. The van der Waals surface area contributed by atoms with Crippen LogP contribution in [0.4, 0.5) is 10.6 Å². The van der Waals surface area contributed by atoms with Crippen LogP contribution in [0.25, 0.3) is 0 Å². The molecule has 1 unspecified atom stereocenters. The number of alkyl halides is 3. The Morgan fingerprint density at radius 3 is 2.78 bits per heavy atom. The second kappa shape index (κ2) is 12.1. The Morgan fingerprint density at radius 2 is 2.16 bits per heavy atom. The summed E-state index contributed by atoms with van der Waals surface area (Å²) in [6, 6.07) is 0. The van der Waals surface area contributed by atoms with E-state index in [-0.39, 0.29) is 17.5 Å². The average Bonchev–Trinajstić information content (AvgIpc) is 3.13. The Labute approximate surface area is 203 Å². The molecule has 9 nitrogen and oxygen atoms in total. The van der Waals surface area contributed by atoms with Crippen molar-refractivity contribution in [2.75, 3.05) is 19.8 Å². The first-order valence-electron chi connectivity index (χ1n) is 10.2. The van der Waals surface area contributed by atoms with Gasteiger partial charge in [0, 0.05) is 36.5 Å². The lowest BCUT2D eigenvalue weighted by molar-refractivity contribution is -0.163. The van der Waals surface area contributed by atoms with Gasteiger partial charge in [-0.2, -0.15) is 0 Å². The third-order valence-electron chi connectivity index (χ3n) is 4.40. The molecule has 180 valence electrons. The number of nitrogens with zero attached hydrogens (tertiary/aromatic N) is 3. The molecular weight excluding hydrogens is 481 g/mol. The number of aromatic nitrogens is 2. The molecule has 2 rings (SSSR count). The zero-order valence-electron chi connectivity index (χ0n) is 18.4. The van der Waals surface area contributed by atoms with Gasteiger partial charge in [0.25, 0.3) is 0 Å². The lowest BCUT2D eigenvalue weighted by Crippen LogP contribution is -2.33. The van der Waals surface area contributed by atoms with Crippen LogP contribution >= 0.6 is 34.8 Å². The lowest BCUT2D eigenvalue weighted by Gasteiger charge is -2.22. The first-order chi connectivity index (χ1) is 14.9. The van der Waals surface area contributed by atoms with Crippen LogP contribution in [0.15, 0.2) is 29.3 Å². The van der Waals surface area contributed by atoms with E-state index in [2.05, 4.69) is 15.3 Å². The maximum atomic E-state index is 12.1. The van der Waals surface area contributed by atoms with E-state index < -0.39 is 16.5 Å². The second-order valence-corrected chi connectivity index (χ2v) is 10.8. The summed E-state index contributed by atoms with van der Waals surface area (Å²) in [6.07, 6.45) is 6.99. The molecule has 1 atom stereocenters. The van der Waals surface area contributed by atoms with Crippen LogP contribution in [0.5, 0.6) is 0 Å². The largest absolute Gasteiger partial charge is 0.445 e. The molecule has 1 amide bonds. The summed E-state index contributed by atoms with van der Waals surface area (Å²) >= 11 is 16.8. The molecular formula is C20H30Cl3N5O4. The fourth-order valence-corrected chi connectivity index (χ4v) is 2.70. The van der Waals surface area contributed by atoms with Crippen LogP contribution in [0.1, 0.15) is 40.0 Å². The summed E-state index contributed by atoms with van der Waals surface area (Å²) in [4.78, 5) is 20.7. The molecule has 3 N–H and O–H groups in total. The minimum absolute atomic E-state index is 0.142. The maximum Gasteiger partial charge on any atom is 0.412 e. The third-order valence-corrected chi connectivity index (χ3v) is 4.73. The lowest BCUT2D eigenvalue weighted by atomic mass is 9.92. The molecule has 32 heavy (non-hydrogen) atoms. The number of hydrogen-bond donors (Lipinski definition) is 2. The summed E-state index contributed by atoms with van der Waals surface area (Å²) in [5.41, 5.74) is 6.29. The van der Waals surface area contributed by atoms with E-state index in [4.69, 9.17) is 54.7 Å². The average molecular weight is 511 g/mol. The highest BCUT2D eigenvalue weighted by Crippen LogP contribution is 2.26. The van der Waals surface area contributed by atoms with Crippen LogP contribution in [0.3, 0.4) is 0 Å². The fourth-order valence-electron chi connectivity index (χ4n) is 2.53. The van der Waals surface area contributed by atoms with E-state index in [0.29, 0.717) is 24.7 Å². The van der Waals surface area contributed by atoms with Crippen molar-refractivity contribution in [3.8, 4) is 0 Å². The zero-order valence-corrected chi connectivity index (χ0v) is 20.7. The summed E-state index contributed by atoms with van der Waals surface area (Å²) in [6.45, 7) is 7.17. The molecule has 0 bridgehead atoms. The summed E-state index contributed by atoms with van der Waals surface area (Å²) < 4.78 is 16.3. The number of hydrogen-bond acceptors (Lipinski definition) is 7. The first kappa shape index (κ1) is 26.7. The minimum Gasteiger partial charge on any atom is -0.445 e. The van der Waals surface area contributed by atoms with Crippen molar-refractivity contribution in [3.05, 3.63) is 24.3 Å². The SMILES string of the molecule is CC(C)(C)C(N)=CC(=Nc1cn(CCOC2CCCCO2)cn1)NC(=O)OCC(Cl)(Cl)Cl. The van der Waals surface area contributed by atoms with Crippen LogP contribution in [0, 0.1) is 5.41 Å². The second-order valence-electron chi connectivity index (χ2n) is 8.30. The van der Waals surface area contributed by atoms with Gasteiger partial charge in [0.1, 0.15) is 12.4 Å². The van der Waals surface area contributed by atoms with Gasteiger partial charge in [-0.25, -0.2) is 14.8 Å². The van der Waals surface area contributed by atoms with Gasteiger partial charge >= 0.3 is 6.09 Å². The quantitative estimate of drug-likeness (QED) is 0.318. The van der Waals surface area contributed by atoms with Crippen LogP contribution in [-0.2, 0) is 20.8 Å². The van der Waals surface area contributed by atoms with E-state index in [1.165, 1.54) is 0 Å². The molecule has 0 radical (unpaired) electrons. The number of nitrogens with two attached hydrogens (primary N) is 1. The van der Waals surface area contributed by atoms with Gasteiger partial charge in [0.2, 0.25) is 3.79 Å².